The van der Waals surface area contributed by atoms with Gasteiger partial charge >= 0.3 is 5.97 Å². The maximum atomic E-state index is 12.8. The largest absolute Gasteiger partial charge is 0.481 e. The van der Waals surface area contributed by atoms with Crippen LogP contribution in [0.3, 0.4) is 0 Å². The SMILES string of the molecule is CC1CC(C(=O)O)CN(C(=O)c2cncn2-c2ccccc2)C1. The Labute approximate surface area is 134 Å². The Morgan fingerprint density at radius 2 is 1.96 bits per heavy atom. The number of amides is 1. The topological polar surface area (TPSA) is 75.4 Å². The van der Waals surface area contributed by atoms with Gasteiger partial charge in [-0.25, -0.2) is 4.98 Å². The molecule has 0 radical (unpaired) electrons. The van der Waals surface area contributed by atoms with E-state index in [9.17, 15) is 14.7 Å². The van der Waals surface area contributed by atoms with Gasteiger partial charge in [-0.1, -0.05) is 25.1 Å². The number of hydrogen-bond acceptors (Lipinski definition) is 3. The fourth-order valence-electron chi connectivity index (χ4n) is 3.11. The number of aromatic nitrogens is 2. The molecule has 6 nitrogen and oxygen atoms in total. The molecule has 1 fully saturated rings. The average Bonchev–Trinajstić information content (AvgIpc) is 3.04. The molecule has 23 heavy (non-hydrogen) atoms. The second-order valence-corrected chi connectivity index (χ2v) is 6.07. The molecule has 0 bridgehead atoms. The minimum atomic E-state index is -0.842. The molecule has 0 aliphatic carbocycles. The molecule has 1 saturated heterocycles. The molecule has 1 amide bonds. The molecule has 6 heteroatoms. The van der Waals surface area contributed by atoms with E-state index in [4.69, 9.17) is 0 Å². The van der Waals surface area contributed by atoms with E-state index in [-0.39, 0.29) is 18.4 Å². The van der Waals surface area contributed by atoms with Crippen molar-refractivity contribution in [2.45, 2.75) is 13.3 Å². The minimum absolute atomic E-state index is 0.168. The number of nitrogens with zero attached hydrogens (tertiary/aromatic N) is 3. The summed E-state index contributed by atoms with van der Waals surface area (Å²) in [5.41, 5.74) is 1.31. The number of imidazole rings is 1. The first-order valence-electron chi connectivity index (χ1n) is 7.66. The molecule has 1 aliphatic rings. The van der Waals surface area contributed by atoms with E-state index < -0.39 is 11.9 Å². The Balaban J connectivity index is 1.87. The monoisotopic (exact) mass is 313 g/mol. The third-order valence-electron chi connectivity index (χ3n) is 4.19. The summed E-state index contributed by atoms with van der Waals surface area (Å²) >= 11 is 0. The van der Waals surface area contributed by atoms with Gasteiger partial charge in [0.1, 0.15) is 5.69 Å². The molecule has 120 valence electrons. The van der Waals surface area contributed by atoms with Crippen LogP contribution in [-0.4, -0.2) is 44.5 Å². The Kier molecular flexibility index (Phi) is 4.14. The maximum absolute atomic E-state index is 12.8. The molecule has 3 rings (SSSR count). The lowest BCUT2D eigenvalue weighted by Crippen LogP contribution is -2.46. The normalized spacial score (nSPS) is 21.2. The quantitative estimate of drug-likeness (QED) is 0.941. The molecule has 0 saturated carbocycles. The number of carbonyl (C=O) groups excluding carboxylic acids is 1. The van der Waals surface area contributed by atoms with Crippen LogP contribution in [0.4, 0.5) is 0 Å². The fraction of sp³-hybridized carbons (Fsp3) is 0.353. The summed E-state index contributed by atoms with van der Waals surface area (Å²) in [5.74, 6) is -1.35. The Hall–Kier alpha value is -2.63. The number of para-hydroxylation sites is 1. The van der Waals surface area contributed by atoms with Crippen molar-refractivity contribution >= 4 is 11.9 Å². The van der Waals surface area contributed by atoms with Crippen molar-refractivity contribution in [3.05, 3.63) is 48.5 Å². The van der Waals surface area contributed by atoms with Crippen LogP contribution < -0.4 is 0 Å². The van der Waals surface area contributed by atoms with Gasteiger partial charge in [0.25, 0.3) is 5.91 Å². The summed E-state index contributed by atoms with van der Waals surface area (Å²) in [6.07, 6.45) is 3.74. The fourth-order valence-corrected chi connectivity index (χ4v) is 3.11. The first kappa shape index (κ1) is 15.3. The highest BCUT2D eigenvalue weighted by atomic mass is 16.4. The van der Waals surface area contributed by atoms with Crippen LogP contribution in [0.5, 0.6) is 0 Å². The summed E-state index contributed by atoms with van der Waals surface area (Å²) < 4.78 is 1.73. The van der Waals surface area contributed by atoms with Gasteiger partial charge in [0.2, 0.25) is 0 Å². The number of hydrogen-bond donors (Lipinski definition) is 1. The van der Waals surface area contributed by atoms with Crippen molar-refractivity contribution in [2.75, 3.05) is 13.1 Å². The van der Waals surface area contributed by atoms with E-state index in [2.05, 4.69) is 4.98 Å². The van der Waals surface area contributed by atoms with Gasteiger partial charge in [-0.2, -0.15) is 0 Å². The number of carboxylic acid groups (broad SMARTS) is 1. The summed E-state index contributed by atoms with van der Waals surface area (Å²) in [7, 11) is 0. The number of aliphatic carboxylic acids is 1. The lowest BCUT2D eigenvalue weighted by atomic mass is 9.90. The molecular formula is C17H19N3O3. The van der Waals surface area contributed by atoms with Crippen molar-refractivity contribution in [2.24, 2.45) is 11.8 Å². The molecule has 2 heterocycles. The second kappa shape index (κ2) is 6.24. The minimum Gasteiger partial charge on any atom is -0.481 e. The van der Waals surface area contributed by atoms with Crippen LogP contribution >= 0.6 is 0 Å². The molecule has 2 unspecified atom stereocenters. The van der Waals surface area contributed by atoms with E-state index in [0.717, 1.165) is 5.69 Å². The van der Waals surface area contributed by atoms with E-state index in [1.165, 1.54) is 6.20 Å². The predicted molar refractivity (Wildman–Crippen MR) is 84.4 cm³/mol. The van der Waals surface area contributed by atoms with Crippen molar-refractivity contribution in [3.8, 4) is 5.69 Å². The van der Waals surface area contributed by atoms with Gasteiger partial charge in [-0.15, -0.1) is 0 Å². The molecule has 2 aromatic rings. The van der Waals surface area contributed by atoms with Crippen molar-refractivity contribution in [1.82, 2.24) is 14.5 Å². The van der Waals surface area contributed by atoms with Gasteiger partial charge in [0.15, 0.2) is 0 Å². The molecule has 1 aromatic heterocycles. The van der Waals surface area contributed by atoms with Crippen LogP contribution in [0, 0.1) is 11.8 Å². The average molecular weight is 313 g/mol. The number of rotatable bonds is 3. The smallest absolute Gasteiger partial charge is 0.308 e. The standard InChI is InChI=1S/C17H19N3O3/c1-12-7-13(17(22)23)10-19(9-12)16(21)15-8-18-11-20(15)14-5-3-2-4-6-14/h2-6,8,11-13H,7,9-10H2,1H3,(H,22,23). The molecular weight excluding hydrogens is 294 g/mol. The van der Waals surface area contributed by atoms with Crippen molar-refractivity contribution in [3.63, 3.8) is 0 Å². The lowest BCUT2D eigenvalue weighted by Gasteiger charge is -2.34. The molecule has 1 aliphatic heterocycles. The van der Waals surface area contributed by atoms with Gasteiger partial charge in [0, 0.05) is 18.8 Å². The zero-order valence-corrected chi connectivity index (χ0v) is 12.9. The van der Waals surface area contributed by atoms with Gasteiger partial charge in [0.05, 0.1) is 18.4 Å². The highest BCUT2D eigenvalue weighted by Crippen LogP contribution is 2.24. The van der Waals surface area contributed by atoms with E-state index in [1.54, 1.807) is 15.8 Å². The van der Waals surface area contributed by atoms with Gasteiger partial charge in [-0.3, -0.25) is 14.2 Å². The highest BCUT2D eigenvalue weighted by Gasteiger charge is 2.33. The first-order valence-corrected chi connectivity index (χ1v) is 7.66. The number of piperidine rings is 1. The first-order chi connectivity index (χ1) is 11.1. The van der Waals surface area contributed by atoms with Crippen LogP contribution in [0.15, 0.2) is 42.9 Å². The summed E-state index contributed by atoms with van der Waals surface area (Å²) in [6, 6.07) is 9.50. The van der Waals surface area contributed by atoms with Crippen molar-refractivity contribution < 1.29 is 14.7 Å². The number of benzene rings is 1. The molecule has 1 N–H and O–H groups in total. The predicted octanol–water partition coefficient (Wildman–Crippen LogP) is 2.06. The lowest BCUT2D eigenvalue weighted by molar-refractivity contribution is -0.143. The third-order valence-corrected chi connectivity index (χ3v) is 4.19. The number of likely N-dealkylation sites (tertiary alicyclic amines) is 1. The Morgan fingerprint density at radius 1 is 1.22 bits per heavy atom. The van der Waals surface area contributed by atoms with Crippen LogP contribution in [-0.2, 0) is 4.79 Å². The summed E-state index contributed by atoms with van der Waals surface area (Å²) in [5, 5.41) is 9.26. The van der Waals surface area contributed by atoms with Gasteiger partial charge < -0.3 is 10.0 Å². The van der Waals surface area contributed by atoms with Crippen LogP contribution in [0.1, 0.15) is 23.8 Å². The third kappa shape index (κ3) is 3.11. The molecule has 0 spiro atoms. The highest BCUT2D eigenvalue weighted by molar-refractivity contribution is 5.93. The Bertz CT molecular complexity index is 711. The van der Waals surface area contributed by atoms with Crippen LogP contribution in [0.25, 0.3) is 5.69 Å². The zero-order chi connectivity index (χ0) is 16.4. The zero-order valence-electron chi connectivity index (χ0n) is 12.9. The maximum Gasteiger partial charge on any atom is 0.308 e. The summed E-state index contributed by atoms with van der Waals surface area (Å²) in [6.45, 7) is 2.80. The van der Waals surface area contributed by atoms with Crippen molar-refractivity contribution in [1.29, 1.82) is 0 Å². The van der Waals surface area contributed by atoms with Gasteiger partial charge in [-0.05, 0) is 24.5 Å². The number of carbonyl (C=O) groups is 2. The van der Waals surface area contributed by atoms with E-state index >= 15 is 0 Å². The molecule has 2 atom stereocenters. The molecule has 1 aromatic carbocycles. The van der Waals surface area contributed by atoms with E-state index in [0.29, 0.717) is 18.7 Å². The Morgan fingerprint density at radius 3 is 2.65 bits per heavy atom. The van der Waals surface area contributed by atoms with E-state index in [1.807, 2.05) is 37.3 Å². The number of carboxylic acids is 1. The second-order valence-electron chi connectivity index (χ2n) is 6.07. The summed E-state index contributed by atoms with van der Waals surface area (Å²) in [4.78, 5) is 29.8. The van der Waals surface area contributed by atoms with Crippen LogP contribution in [0.2, 0.25) is 0 Å².